The third-order valence-corrected chi connectivity index (χ3v) is 2.73. The Balaban J connectivity index is 2.52. The first-order valence-electron chi connectivity index (χ1n) is 4.94. The minimum atomic E-state index is -1.15. The highest BCUT2D eigenvalue weighted by Gasteiger charge is 2.34. The summed E-state index contributed by atoms with van der Waals surface area (Å²) in [7, 11) is 0. The lowest BCUT2D eigenvalue weighted by Gasteiger charge is -2.08. The van der Waals surface area contributed by atoms with E-state index in [9.17, 15) is 14.9 Å². The van der Waals surface area contributed by atoms with Gasteiger partial charge in [0.15, 0.2) is 0 Å². The van der Waals surface area contributed by atoms with Crippen LogP contribution in [0.25, 0.3) is 0 Å². The van der Waals surface area contributed by atoms with Gasteiger partial charge in [0.2, 0.25) is 5.78 Å². The number of carbonyl (C=O) groups excluding carboxylic acids is 1. The quantitative estimate of drug-likeness (QED) is 0.399. The van der Waals surface area contributed by atoms with Crippen molar-refractivity contribution in [1.82, 2.24) is 0 Å². The lowest BCUT2D eigenvalue weighted by atomic mass is 9.99. The Labute approximate surface area is 87.1 Å². The van der Waals surface area contributed by atoms with Crippen molar-refractivity contribution >= 4 is 5.78 Å². The minimum Gasteiger partial charge on any atom is -0.292 e. The lowest BCUT2D eigenvalue weighted by Crippen LogP contribution is -2.20. The molecule has 4 heteroatoms. The van der Waals surface area contributed by atoms with Crippen molar-refractivity contribution in [3.05, 3.63) is 45.5 Å². The number of nitrogens with zero attached hydrogens (tertiary/aromatic N) is 1. The number of hydrogen-bond acceptors (Lipinski definition) is 3. The van der Waals surface area contributed by atoms with Gasteiger partial charge in [-0.05, 0) is 18.4 Å². The number of aryl methyl sites for hydroxylation is 1. The smallest absolute Gasteiger partial charge is 0.292 e. The first kappa shape index (κ1) is 9.83. The molecule has 0 amide bonds. The maximum atomic E-state index is 11.6. The molecule has 0 aromatic heterocycles. The Morgan fingerprint density at radius 1 is 1.27 bits per heavy atom. The molecule has 1 aliphatic carbocycles. The molecule has 1 atom stereocenters. The van der Waals surface area contributed by atoms with Gasteiger partial charge in [-0.3, -0.25) is 14.9 Å². The molecule has 1 aliphatic rings. The summed E-state index contributed by atoms with van der Waals surface area (Å²) in [6.07, 6.45) is 1.77. The molecule has 0 fully saturated rings. The average molecular weight is 205 g/mol. The molecule has 0 bridgehead atoms. The second-order valence-corrected chi connectivity index (χ2v) is 3.71. The van der Waals surface area contributed by atoms with Crippen molar-refractivity contribution in [3.63, 3.8) is 0 Å². The Bertz CT molecular complexity index is 414. The topological polar surface area (TPSA) is 60.2 Å². The number of fused-ring (bicyclic) bond motifs is 1. The van der Waals surface area contributed by atoms with Crippen LogP contribution in [0.4, 0.5) is 0 Å². The van der Waals surface area contributed by atoms with Crippen LogP contribution >= 0.6 is 0 Å². The number of nitro groups is 1. The summed E-state index contributed by atoms with van der Waals surface area (Å²) < 4.78 is 0. The van der Waals surface area contributed by atoms with E-state index in [0.717, 1.165) is 12.0 Å². The maximum absolute atomic E-state index is 11.6. The molecule has 0 radical (unpaired) electrons. The van der Waals surface area contributed by atoms with Gasteiger partial charge in [0.25, 0.3) is 6.04 Å². The second-order valence-electron chi connectivity index (χ2n) is 3.71. The van der Waals surface area contributed by atoms with Crippen LogP contribution in [0, 0.1) is 10.1 Å². The summed E-state index contributed by atoms with van der Waals surface area (Å²) in [5, 5.41) is 10.9. The summed E-state index contributed by atoms with van der Waals surface area (Å²) in [5.41, 5.74) is 1.51. The summed E-state index contributed by atoms with van der Waals surface area (Å²) in [4.78, 5) is 22.0. The van der Waals surface area contributed by atoms with Crippen LogP contribution in [0.3, 0.4) is 0 Å². The predicted molar refractivity (Wildman–Crippen MR) is 54.1 cm³/mol. The van der Waals surface area contributed by atoms with Gasteiger partial charge >= 0.3 is 0 Å². The van der Waals surface area contributed by atoms with Gasteiger partial charge in [0, 0.05) is 16.9 Å². The summed E-state index contributed by atoms with van der Waals surface area (Å²) >= 11 is 0. The molecular formula is C11H11NO3. The Morgan fingerprint density at radius 3 is 2.73 bits per heavy atom. The lowest BCUT2D eigenvalue weighted by molar-refractivity contribution is -0.513. The fraction of sp³-hybridized carbons (Fsp3) is 0.364. The molecule has 0 saturated carbocycles. The number of hydrogen-bond donors (Lipinski definition) is 0. The van der Waals surface area contributed by atoms with E-state index < -0.39 is 11.0 Å². The Morgan fingerprint density at radius 2 is 2.00 bits per heavy atom. The van der Waals surface area contributed by atoms with Crippen LogP contribution in [-0.4, -0.2) is 10.7 Å². The third-order valence-electron chi connectivity index (χ3n) is 2.73. The Kier molecular flexibility index (Phi) is 2.49. The van der Waals surface area contributed by atoms with Gasteiger partial charge in [0.05, 0.1) is 0 Å². The van der Waals surface area contributed by atoms with Crippen LogP contribution in [0.1, 0.15) is 30.0 Å². The van der Waals surface area contributed by atoms with Crippen LogP contribution in [0.15, 0.2) is 24.3 Å². The fourth-order valence-electron chi connectivity index (χ4n) is 2.02. The third kappa shape index (κ3) is 1.75. The van der Waals surface area contributed by atoms with E-state index >= 15 is 0 Å². The van der Waals surface area contributed by atoms with Crippen molar-refractivity contribution in [2.75, 3.05) is 0 Å². The van der Waals surface area contributed by atoms with Gasteiger partial charge in [-0.2, -0.15) is 0 Å². The normalized spacial score (nSPS) is 20.5. The zero-order valence-electron chi connectivity index (χ0n) is 8.18. The molecule has 0 spiro atoms. The Hall–Kier alpha value is -1.71. The van der Waals surface area contributed by atoms with Crippen LogP contribution in [-0.2, 0) is 11.2 Å². The standard InChI is InChI=1S/C11H11NO3/c13-10-7-3-5-8-4-1-2-6-9(8)11(10)12(14)15/h1-2,4,6,11H,3,5,7H2. The molecule has 2 rings (SSSR count). The van der Waals surface area contributed by atoms with Crippen molar-refractivity contribution in [2.24, 2.45) is 0 Å². The monoisotopic (exact) mass is 205 g/mol. The maximum Gasteiger partial charge on any atom is 0.295 e. The number of ketones is 1. The van der Waals surface area contributed by atoms with E-state index in [0.29, 0.717) is 18.4 Å². The molecule has 15 heavy (non-hydrogen) atoms. The number of Topliss-reactive ketones (excluding diaryl/α,β-unsaturated/α-hetero) is 1. The molecule has 1 aromatic carbocycles. The molecule has 0 saturated heterocycles. The highest BCUT2D eigenvalue weighted by Crippen LogP contribution is 2.28. The summed E-state index contributed by atoms with van der Waals surface area (Å²) in [6.45, 7) is 0. The van der Waals surface area contributed by atoms with E-state index in [1.165, 1.54) is 0 Å². The number of benzene rings is 1. The molecule has 4 nitrogen and oxygen atoms in total. The molecule has 78 valence electrons. The highest BCUT2D eigenvalue weighted by molar-refractivity contribution is 5.85. The molecule has 0 heterocycles. The zero-order valence-corrected chi connectivity index (χ0v) is 8.18. The number of carbonyl (C=O) groups is 1. The van der Waals surface area contributed by atoms with E-state index in [1.54, 1.807) is 12.1 Å². The van der Waals surface area contributed by atoms with Gasteiger partial charge in [-0.1, -0.05) is 24.3 Å². The van der Waals surface area contributed by atoms with E-state index in [-0.39, 0.29) is 5.78 Å². The first-order chi connectivity index (χ1) is 7.20. The van der Waals surface area contributed by atoms with Crippen molar-refractivity contribution < 1.29 is 9.72 Å². The van der Waals surface area contributed by atoms with Gasteiger partial charge in [0.1, 0.15) is 0 Å². The predicted octanol–water partition coefficient (Wildman–Crippen LogP) is 1.91. The molecular weight excluding hydrogens is 194 g/mol. The van der Waals surface area contributed by atoms with Crippen LogP contribution < -0.4 is 0 Å². The van der Waals surface area contributed by atoms with E-state index in [1.807, 2.05) is 12.1 Å². The zero-order chi connectivity index (χ0) is 10.8. The number of rotatable bonds is 1. The van der Waals surface area contributed by atoms with Gasteiger partial charge in [-0.25, -0.2) is 0 Å². The second kappa shape index (κ2) is 3.81. The van der Waals surface area contributed by atoms with Crippen molar-refractivity contribution in [3.8, 4) is 0 Å². The van der Waals surface area contributed by atoms with Crippen molar-refractivity contribution in [1.29, 1.82) is 0 Å². The fourth-order valence-corrected chi connectivity index (χ4v) is 2.02. The van der Waals surface area contributed by atoms with Crippen LogP contribution in [0.5, 0.6) is 0 Å². The SMILES string of the molecule is O=C1CCCc2ccccc2C1[N+](=O)[O-]. The summed E-state index contributed by atoms with van der Waals surface area (Å²) in [5.74, 6) is -0.273. The summed E-state index contributed by atoms with van der Waals surface area (Å²) in [6, 6.07) is 6.00. The highest BCUT2D eigenvalue weighted by atomic mass is 16.6. The van der Waals surface area contributed by atoms with Gasteiger partial charge in [-0.15, -0.1) is 0 Å². The largest absolute Gasteiger partial charge is 0.295 e. The minimum absolute atomic E-state index is 0.273. The van der Waals surface area contributed by atoms with Crippen molar-refractivity contribution in [2.45, 2.75) is 25.3 Å². The van der Waals surface area contributed by atoms with E-state index in [4.69, 9.17) is 0 Å². The van der Waals surface area contributed by atoms with Crippen LogP contribution in [0.2, 0.25) is 0 Å². The van der Waals surface area contributed by atoms with Gasteiger partial charge < -0.3 is 0 Å². The molecule has 1 aromatic rings. The first-order valence-corrected chi connectivity index (χ1v) is 4.94. The van der Waals surface area contributed by atoms with E-state index in [2.05, 4.69) is 0 Å². The molecule has 0 N–H and O–H groups in total. The average Bonchev–Trinajstić information content (AvgIpc) is 2.35. The molecule has 1 unspecified atom stereocenters. The molecule has 0 aliphatic heterocycles.